The maximum absolute atomic E-state index is 12.0. The lowest BCUT2D eigenvalue weighted by molar-refractivity contribution is 0.0916. The van der Waals surface area contributed by atoms with Gasteiger partial charge < -0.3 is 10.4 Å². The van der Waals surface area contributed by atoms with Crippen molar-refractivity contribution in [2.24, 2.45) is 0 Å². The molecule has 3 rings (SSSR count). The topological polar surface area (TPSA) is 62.2 Å². The number of hydrogen-bond donors (Lipinski definition) is 2. The number of carbonyl (C=O) groups is 1. The summed E-state index contributed by atoms with van der Waals surface area (Å²) in [6.45, 7) is 2.02. The summed E-state index contributed by atoms with van der Waals surface area (Å²) in [5.41, 5.74) is 2.13. The lowest BCUT2D eigenvalue weighted by Gasteiger charge is -2.13. The van der Waals surface area contributed by atoms with Crippen molar-refractivity contribution >= 4 is 16.7 Å². The SMILES string of the molecule is Cc1ccc(C(=O)NCC(O)c2ccc3ccccc3c2)cn1. The van der Waals surface area contributed by atoms with Crippen LogP contribution in [0.25, 0.3) is 10.8 Å². The lowest BCUT2D eigenvalue weighted by Crippen LogP contribution is -2.28. The normalized spacial score (nSPS) is 12.1. The van der Waals surface area contributed by atoms with Crippen molar-refractivity contribution in [3.8, 4) is 0 Å². The van der Waals surface area contributed by atoms with Crippen LogP contribution < -0.4 is 5.32 Å². The summed E-state index contributed by atoms with van der Waals surface area (Å²) in [5.74, 6) is -0.239. The zero-order chi connectivity index (χ0) is 16.2. The molecule has 1 heterocycles. The molecule has 3 aromatic rings. The first-order valence-corrected chi connectivity index (χ1v) is 7.51. The Morgan fingerprint density at radius 2 is 1.91 bits per heavy atom. The minimum atomic E-state index is -0.748. The van der Waals surface area contributed by atoms with Gasteiger partial charge in [0.2, 0.25) is 0 Å². The second kappa shape index (κ2) is 6.58. The highest BCUT2D eigenvalue weighted by Crippen LogP contribution is 2.20. The number of aliphatic hydroxyl groups is 1. The Morgan fingerprint density at radius 3 is 2.65 bits per heavy atom. The summed E-state index contributed by atoms with van der Waals surface area (Å²) in [5, 5.41) is 15.2. The van der Waals surface area contributed by atoms with Crippen LogP contribution in [0.5, 0.6) is 0 Å². The van der Waals surface area contributed by atoms with E-state index < -0.39 is 6.10 Å². The summed E-state index contributed by atoms with van der Waals surface area (Å²) in [4.78, 5) is 16.1. The molecule has 23 heavy (non-hydrogen) atoms. The van der Waals surface area contributed by atoms with Gasteiger partial charge >= 0.3 is 0 Å². The maximum atomic E-state index is 12.0. The number of fused-ring (bicyclic) bond motifs is 1. The molecule has 0 saturated heterocycles. The van der Waals surface area contributed by atoms with Crippen molar-refractivity contribution in [3.63, 3.8) is 0 Å². The van der Waals surface area contributed by atoms with Gasteiger partial charge in [0.1, 0.15) is 0 Å². The molecule has 4 heteroatoms. The molecule has 1 atom stereocenters. The van der Waals surface area contributed by atoms with Gasteiger partial charge in [0.05, 0.1) is 11.7 Å². The van der Waals surface area contributed by atoms with Crippen molar-refractivity contribution in [3.05, 3.63) is 77.6 Å². The molecule has 1 unspecified atom stereocenters. The number of benzene rings is 2. The molecule has 0 aliphatic rings. The van der Waals surface area contributed by atoms with E-state index in [0.29, 0.717) is 5.56 Å². The van der Waals surface area contributed by atoms with E-state index in [1.807, 2.05) is 49.4 Å². The minimum absolute atomic E-state index is 0.158. The smallest absolute Gasteiger partial charge is 0.252 e. The highest BCUT2D eigenvalue weighted by molar-refractivity contribution is 5.93. The second-order valence-corrected chi connectivity index (χ2v) is 5.52. The summed E-state index contributed by atoms with van der Waals surface area (Å²) < 4.78 is 0. The average Bonchev–Trinajstić information content (AvgIpc) is 2.59. The van der Waals surface area contributed by atoms with E-state index in [1.54, 1.807) is 12.1 Å². The van der Waals surface area contributed by atoms with E-state index in [9.17, 15) is 9.90 Å². The largest absolute Gasteiger partial charge is 0.387 e. The molecule has 0 spiro atoms. The molecule has 1 amide bonds. The van der Waals surface area contributed by atoms with Crippen LogP contribution in [-0.2, 0) is 0 Å². The van der Waals surface area contributed by atoms with Crippen LogP contribution in [0.15, 0.2) is 60.8 Å². The Kier molecular flexibility index (Phi) is 4.35. The van der Waals surface area contributed by atoms with Gasteiger partial charge in [-0.1, -0.05) is 36.4 Å². The van der Waals surface area contributed by atoms with E-state index in [2.05, 4.69) is 10.3 Å². The number of rotatable bonds is 4. The molecule has 0 saturated carbocycles. The molecular formula is C19H18N2O2. The molecule has 1 aromatic heterocycles. The maximum Gasteiger partial charge on any atom is 0.252 e. The van der Waals surface area contributed by atoms with E-state index in [0.717, 1.165) is 22.0 Å². The zero-order valence-electron chi connectivity index (χ0n) is 12.9. The number of aliphatic hydroxyl groups excluding tert-OH is 1. The minimum Gasteiger partial charge on any atom is -0.387 e. The van der Waals surface area contributed by atoms with Crippen molar-refractivity contribution in [1.82, 2.24) is 10.3 Å². The summed E-state index contributed by atoms with van der Waals surface area (Å²) in [6, 6.07) is 17.3. The number of aryl methyl sites for hydroxylation is 1. The molecule has 2 aromatic carbocycles. The van der Waals surface area contributed by atoms with Gasteiger partial charge in [0, 0.05) is 18.4 Å². The Hall–Kier alpha value is -2.72. The van der Waals surface area contributed by atoms with Crippen molar-refractivity contribution in [2.45, 2.75) is 13.0 Å². The van der Waals surface area contributed by atoms with Gasteiger partial charge in [0.25, 0.3) is 5.91 Å². The number of amides is 1. The molecule has 4 nitrogen and oxygen atoms in total. The second-order valence-electron chi connectivity index (χ2n) is 5.52. The fourth-order valence-corrected chi connectivity index (χ4v) is 2.43. The van der Waals surface area contributed by atoms with Gasteiger partial charge in [-0.2, -0.15) is 0 Å². The lowest BCUT2D eigenvalue weighted by atomic mass is 10.0. The van der Waals surface area contributed by atoms with Crippen LogP contribution in [0.1, 0.15) is 27.7 Å². The first-order chi connectivity index (χ1) is 11.1. The Morgan fingerprint density at radius 1 is 1.13 bits per heavy atom. The summed E-state index contributed by atoms with van der Waals surface area (Å²) in [7, 11) is 0. The van der Waals surface area contributed by atoms with Gasteiger partial charge in [-0.05, 0) is 41.5 Å². The van der Waals surface area contributed by atoms with Crippen molar-refractivity contribution < 1.29 is 9.90 Å². The van der Waals surface area contributed by atoms with E-state index in [-0.39, 0.29) is 12.5 Å². The third-order valence-corrected chi connectivity index (χ3v) is 3.79. The van der Waals surface area contributed by atoms with Crippen LogP contribution in [-0.4, -0.2) is 22.5 Å². The number of nitrogens with one attached hydrogen (secondary N) is 1. The quantitative estimate of drug-likeness (QED) is 0.779. The van der Waals surface area contributed by atoms with Gasteiger partial charge in [-0.3, -0.25) is 9.78 Å². The Balaban J connectivity index is 1.67. The molecule has 2 N–H and O–H groups in total. The molecule has 0 radical (unpaired) electrons. The summed E-state index contributed by atoms with van der Waals surface area (Å²) in [6.07, 6.45) is 0.787. The van der Waals surface area contributed by atoms with Crippen molar-refractivity contribution in [2.75, 3.05) is 6.54 Å². The molecule has 0 fully saturated rings. The molecule has 0 bridgehead atoms. The number of hydrogen-bond acceptors (Lipinski definition) is 3. The van der Waals surface area contributed by atoms with Crippen LogP contribution >= 0.6 is 0 Å². The molecular weight excluding hydrogens is 288 g/mol. The van der Waals surface area contributed by atoms with Crippen LogP contribution in [0, 0.1) is 6.92 Å². The zero-order valence-corrected chi connectivity index (χ0v) is 12.9. The number of nitrogens with zero attached hydrogens (tertiary/aromatic N) is 1. The standard InChI is InChI=1S/C19H18N2O2/c1-13-6-7-17(11-20-13)19(23)21-12-18(22)16-9-8-14-4-2-3-5-15(14)10-16/h2-11,18,22H,12H2,1H3,(H,21,23). The van der Waals surface area contributed by atoms with E-state index in [1.165, 1.54) is 6.20 Å². The van der Waals surface area contributed by atoms with Gasteiger partial charge in [0.15, 0.2) is 0 Å². The third-order valence-electron chi connectivity index (χ3n) is 3.79. The number of carbonyl (C=O) groups excluding carboxylic acids is 1. The third kappa shape index (κ3) is 3.55. The van der Waals surface area contributed by atoms with E-state index in [4.69, 9.17) is 0 Å². The molecule has 0 aliphatic heterocycles. The Bertz CT molecular complexity index is 828. The summed E-state index contributed by atoms with van der Waals surface area (Å²) >= 11 is 0. The Labute approximate surface area is 134 Å². The van der Waals surface area contributed by atoms with Gasteiger partial charge in [-0.15, -0.1) is 0 Å². The molecule has 116 valence electrons. The highest BCUT2D eigenvalue weighted by Gasteiger charge is 2.11. The highest BCUT2D eigenvalue weighted by atomic mass is 16.3. The fourth-order valence-electron chi connectivity index (χ4n) is 2.43. The predicted molar refractivity (Wildman–Crippen MR) is 90.2 cm³/mol. The molecule has 0 aliphatic carbocycles. The van der Waals surface area contributed by atoms with Crippen LogP contribution in [0.3, 0.4) is 0 Å². The van der Waals surface area contributed by atoms with Crippen LogP contribution in [0.4, 0.5) is 0 Å². The number of aromatic nitrogens is 1. The predicted octanol–water partition coefficient (Wildman–Crippen LogP) is 3.01. The van der Waals surface area contributed by atoms with E-state index >= 15 is 0 Å². The first-order valence-electron chi connectivity index (χ1n) is 7.51. The first kappa shape index (κ1) is 15.2. The van der Waals surface area contributed by atoms with Crippen LogP contribution in [0.2, 0.25) is 0 Å². The monoisotopic (exact) mass is 306 g/mol. The number of pyridine rings is 1. The van der Waals surface area contributed by atoms with Gasteiger partial charge in [-0.25, -0.2) is 0 Å². The fraction of sp³-hybridized carbons (Fsp3) is 0.158. The average molecular weight is 306 g/mol. The van der Waals surface area contributed by atoms with Crippen molar-refractivity contribution in [1.29, 1.82) is 0 Å².